The van der Waals surface area contributed by atoms with E-state index in [-0.39, 0.29) is 5.91 Å². The summed E-state index contributed by atoms with van der Waals surface area (Å²) in [5, 5.41) is 0.371. The average molecular weight is 329 g/mol. The number of halogens is 1. The van der Waals surface area contributed by atoms with Crippen molar-refractivity contribution in [2.24, 2.45) is 5.73 Å². The summed E-state index contributed by atoms with van der Waals surface area (Å²) < 4.78 is 0. The number of carbonyl (C=O) groups is 2. The van der Waals surface area contributed by atoms with Crippen LogP contribution in [0.4, 0.5) is 0 Å². The Kier molecular flexibility index (Phi) is 4.09. The van der Waals surface area contributed by atoms with Crippen molar-refractivity contribution in [1.29, 1.82) is 0 Å². The van der Waals surface area contributed by atoms with E-state index in [1.807, 2.05) is 30.3 Å². The van der Waals surface area contributed by atoms with Crippen LogP contribution < -0.4 is 5.73 Å². The van der Waals surface area contributed by atoms with Gasteiger partial charge in [-0.3, -0.25) is 9.59 Å². The van der Waals surface area contributed by atoms with Crippen molar-refractivity contribution in [3.05, 3.63) is 70.7 Å². The van der Waals surface area contributed by atoms with Crippen LogP contribution in [0, 0.1) is 0 Å². The van der Waals surface area contributed by atoms with Crippen LogP contribution in [0.3, 0.4) is 0 Å². The number of rotatable bonds is 3. The number of benzene rings is 2. The molecule has 1 aliphatic rings. The Balaban J connectivity index is 2.09. The van der Waals surface area contributed by atoms with Gasteiger partial charge in [0.05, 0.1) is 10.6 Å². The largest absolute Gasteiger partial charge is 0.367 e. The quantitative estimate of drug-likeness (QED) is 0.941. The summed E-state index contributed by atoms with van der Waals surface area (Å²) in [7, 11) is 0. The van der Waals surface area contributed by atoms with Gasteiger partial charge in [-0.05, 0) is 30.5 Å². The van der Waals surface area contributed by atoms with Crippen LogP contribution in [-0.2, 0) is 10.3 Å². The Morgan fingerprint density at radius 2 is 1.70 bits per heavy atom. The summed E-state index contributed by atoms with van der Waals surface area (Å²) in [6, 6.07) is 16.1. The van der Waals surface area contributed by atoms with E-state index in [0.717, 1.165) is 5.56 Å². The Hall–Kier alpha value is -2.33. The molecule has 0 spiro atoms. The van der Waals surface area contributed by atoms with Gasteiger partial charge in [0.2, 0.25) is 5.91 Å². The third-order valence-electron chi connectivity index (χ3n) is 4.39. The van der Waals surface area contributed by atoms with Gasteiger partial charge >= 0.3 is 0 Å². The molecule has 3 rings (SSSR count). The van der Waals surface area contributed by atoms with E-state index < -0.39 is 11.4 Å². The topological polar surface area (TPSA) is 63.4 Å². The van der Waals surface area contributed by atoms with E-state index in [2.05, 4.69) is 0 Å². The molecule has 1 aliphatic heterocycles. The SMILES string of the molecule is NC(=O)C1(c2ccccc2)CCCN1C(=O)c1ccccc1Cl. The average Bonchev–Trinajstić information content (AvgIpc) is 3.01. The van der Waals surface area contributed by atoms with Crippen LogP contribution in [0.2, 0.25) is 5.02 Å². The second-order valence-electron chi connectivity index (χ2n) is 5.63. The highest BCUT2D eigenvalue weighted by atomic mass is 35.5. The molecule has 1 atom stereocenters. The van der Waals surface area contributed by atoms with Crippen LogP contribution in [-0.4, -0.2) is 23.3 Å². The molecule has 0 radical (unpaired) electrons. The maximum atomic E-state index is 13.0. The molecule has 0 aromatic heterocycles. The van der Waals surface area contributed by atoms with Crippen LogP contribution in [0.1, 0.15) is 28.8 Å². The van der Waals surface area contributed by atoms with E-state index in [1.165, 1.54) is 0 Å². The summed E-state index contributed by atoms with van der Waals surface area (Å²) in [6.07, 6.45) is 1.23. The van der Waals surface area contributed by atoms with Gasteiger partial charge in [0.25, 0.3) is 5.91 Å². The van der Waals surface area contributed by atoms with Gasteiger partial charge in [-0.15, -0.1) is 0 Å². The molecule has 0 bridgehead atoms. The molecule has 2 aromatic carbocycles. The van der Waals surface area contributed by atoms with E-state index in [9.17, 15) is 9.59 Å². The molecule has 0 saturated carbocycles. The molecule has 23 heavy (non-hydrogen) atoms. The molecule has 1 heterocycles. The predicted octanol–water partition coefficient (Wildman–Crippen LogP) is 2.96. The van der Waals surface area contributed by atoms with Gasteiger partial charge < -0.3 is 10.6 Å². The zero-order valence-corrected chi connectivity index (χ0v) is 13.3. The summed E-state index contributed by atoms with van der Waals surface area (Å²) in [4.78, 5) is 26.9. The molecule has 1 fully saturated rings. The third kappa shape index (κ3) is 2.49. The van der Waals surface area contributed by atoms with Crippen molar-refractivity contribution in [1.82, 2.24) is 4.90 Å². The van der Waals surface area contributed by atoms with Crippen molar-refractivity contribution in [3.63, 3.8) is 0 Å². The molecule has 118 valence electrons. The molecular formula is C18H17ClN2O2. The molecule has 2 amide bonds. The highest BCUT2D eigenvalue weighted by Gasteiger charge is 2.50. The van der Waals surface area contributed by atoms with Gasteiger partial charge in [-0.2, -0.15) is 0 Å². The van der Waals surface area contributed by atoms with Gasteiger partial charge in [0.1, 0.15) is 5.54 Å². The fraction of sp³-hybridized carbons (Fsp3) is 0.222. The fourth-order valence-electron chi connectivity index (χ4n) is 3.29. The number of hydrogen-bond acceptors (Lipinski definition) is 2. The van der Waals surface area contributed by atoms with E-state index >= 15 is 0 Å². The lowest BCUT2D eigenvalue weighted by atomic mass is 9.86. The number of likely N-dealkylation sites (tertiary alicyclic amines) is 1. The zero-order valence-electron chi connectivity index (χ0n) is 12.5. The van der Waals surface area contributed by atoms with E-state index in [1.54, 1.807) is 29.2 Å². The minimum atomic E-state index is -1.11. The molecule has 0 aliphatic carbocycles. The summed E-state index contributed by atoms with van der Waals surface area (Å²) in [6.45, 7) is 0.474. The monoisotopic (exact) mass is 328 g/mol. The molecule has 1 saturated heterocycles. The van der Waals surface area contributed by atoms with E-state index in [0.29, 0.717) is 30.0 Å². The van der Waals surface area contributed by atoms with Gasteiger partial charge in [0.15, 0.2) is 0 Å². The van der Waals surface area contributed by atoms with Gasteiger partial charge in [0, 0.05) is 6.54 Å². The van der Waals surface area contributed by atoms with Crippen LogP contribution in [0.25, 0.3) is 0 Å². The Morgan fingerprint density at radius 3 is 2.35 bits per heavy atom. The maximum absolute atomic E-state index is 13.0. The van der Waals surface area contributed by atoms with Crippen molar-refractivity contribution < 1.29 is 9.59 Å². The Bertz CT molecular complexity index is 748. The Labute approximate surface area is 139 Å². The molecule has 4 nitrogen and oxygen atoms in total. The molecule has 2 N–H and O–H groups in total. The number of nitrogens with zero attached hydrogens (tertiary/aromatic N) is 1. The summed E-state index contributed by atoms with van der Waals surface area (Å²) in [5.74, 6) is -0.780. The first-order valence-electron chi connectivity index (χ1n) is 7.49. The van der Waals surface area contributed by atoms with Crippen LogP contribution >= 0.6 is 11.6 Å². The van der Waals surface area contributed by atoms with E-state index in [4.69, 9.17) is 17.3 Å². The first-order chi connectivity index (χ1) is 11.1. The molecule has 5 heteroatoms. The van der Waals surface area contributed by atoms with Crippen LogP contribution in [0.5, 0.6) is 0 Å². The zero-order chi connectivity index (χ0) is 16.4. The number of nitrogens with two attached hydrogens (primary N) is 1. The highest BCUT2D eigenvalue weighted by Crippen LogP contribution is 2.40. The lowest BCUT2D eigenvalue weighted by molar-refractivity contribution is -0.128. The van der Waals surface area contributed by atoms with Crippen molar-refractivity contribution in [2.45, 2.75) is 18.4 Å². The second kappa shape index (κ2) is 6.05. The second-order valence-corrected chi connectivity index (χ2v) is 6.04. The van der Waals surface area contributed by atoms with Crippen molar-refractivity contribution >= 4 is 23.4 Å². The number of primary amides is 1. The minimum Gasteiger partial charge on any atom is -0.367 e. The highest BCUT2D eigenvalue weighted by molar-refractivity contribution is 6.33. The van der Waals surface area contributed by atoms with Gasteiger partial charge in [-0.1, -0.05) is 54.1 Å². The first kappa shape index (κ1) is 15.6. The summed E-state index contributed by atoms with van der Waals surface area (Å²) in [5.41, 5.74) is 5.76. The maximum Gasteiger partial charge on any atom is 0.256 e. The first-order valence-corrected chi connectivity index (χ1v) is 7.87. The number of hydrogen-bond donors (Lipinski definition) is 1. The van der Waals surface area contributed by atoms with Crippen molar-refractivity contribution in [3.8, 4) is 0 Å². The third-order valence-corrected chi connectivity index (χ3v) is 4.72. The predicted molar refractivity (Wildman–Crippen MR) is 89.0 cm³/mol. The molecule has 1 unspecified atom stereocenters. The number of carbonyl (C=O) groups excluding carboxylic acids is 2. The number of amides is 2. The lowest BCUT2D eigenvalue weighted by Gasteiger charge is -2.36. The normalized spacial score (nSPS) is 20.5. The van der Waals surface area contributed by atoms with Crippen LogP contribution in [0.15, 0.2) is 54.6 Å². The fourth-order valence-corrected chi connectivity index (χ4v) is 3.50. The summed E-state index contributed by atoms with van der Waals surface area (Å²) >= 11 is 6.15. The molecule has 2 aromatic rings. The Morgan fingerprint density at radius 1 is 1.04 bits per heavy atom. The molecular weight excluding hydrogens is 312 g/mol. The lowest BCUT2D eigenvalue weighted by Crippen LogP contribution is -2.53. The van der Waals surface area contributed by atoms with Crippen molar-refractivity contribution in [2.75, 3.05) is 6.54 Å². The smallest absolute Gasteiger partial charge is 0.256 e. The minimum absolute atomic E-state index is 0.268. The van der Waals surface area contributed by atoms with Gasteiger partial charge in [-0.25, -0.2) is 0 Å². The standard InChI is InChI=1S/C18H17ClN2O2/c19-15-10-5-4-9-14(15)16(22)21-12-6-11-18(21,17(20)23)13-7-2-1-3-8-13/h1-5,7-10H,6,11-12H2,(H2,20,23).